The Hall–Kier alpha value is -1.82. The number of aryl methyl sites for hydroxylation is 1. The second-order valence-electron chi connectivity index (χ2n) is 7.54. The van der Waals surface area contributed by atoms with Gasteiger partial charge in [0.2, 0.25) is 0 Å². The molecule has 0 aromatic heterocycles. The average Bonchev–Trinajstić information content (AvgIpc) is 2.69. The van der Waals surface area contributed by atoms with Gasteiger partial charge < -0.3 is 0 Å². The second kappa shape index (κ2) is 9.04. The zero-order valence-corrected chi connectivity index (χ0v) is 15.9. The minimum Gasteiger partial charge on any atom is -0.0917 e. The number of benzene rings is 2. The summed E-state index contributed by atoms with van der Waals surface area (Å²) in [4.78, 5) is 0. The Morgan fingerprint density at radius 1 is 0.840 bits per heavy atom. The molecule has 132 valence electrons. The molecule has 1 saturated carbocycles. The lowest BCUT2D eigenvalue weighted by molar-refractivity contribution is 0.312. The molecule has 0 nitrogen and oxygen atoms in total. The van der Waals surface area contributed by atoms with Crippen molar-refractivity contribution in [2.24, 2.45) is 5.92 Å². The van der Waals surface area contributed by atoms with Gasteiger partial charge in [-0.2, -0.15) is 0 Å². The highest BCUT2D eigenvalue weighted by atomic mass is 14.3. The zero-order chi connectivity index (χ0) is 17.5. The highest BCUT2D eigenvalue weighted by Crippen LogP contribution is 2.38. The molecule has 1 aliphatic rings. The summed E-state index contributed by atoms with van der Waals surface area (Å²) in [6, 6.07) is 18.4. The number of hydrogen-bond acceptors (Lipinski definition) is 0. The fourth-order valence-corrected chi connectivity index (χ4v) is 4.16. The summed E-state index contributed by atoms with van der Waals surface area (Å²) in [6.07, 6.45) is 13.8. The summed E-state index contributed by atoms with van der Waals surface area (Å²) in [5.74, 6) is 1.72. The van der Waals surface area contributed by atoms with E-state index >= 15 is 0 Å². The van der Waals surface area contributed by atoms with Gasteiger partial charge >= 0.3 is 0 Å². The van der Waals surface area contributed by atoms with Crippen molar-refractivity contribution in [3.8, 4) is 11.1 Å². The van der Waals surface area contributed by atoms with Crippen LogP contribution in [0.4, 0.5) is 0 Å². The molecular formula is C25H32. The molecule has 0 saturated heterocycles. The van der Waals surface area contributed by atoms with E-state index < -0.39 is 0 Å². The maximum atomic E-state index is 2.37. The first-order valence-electron chi connectivity index (χ1n) is 10.1. The van der Waals surface area contributed by atoms with Gasteiger partial charge in [0.15, 0.2) is 0 Å². The van der Waals surface area contributed by atoms with Crippen LogP contribution in [0.25, 0.3) is 11.1 Å². The third-order valence-corrected chi connectivity index (χ3v) is 5.90. The molecule has 0 spiro atoms. The molecule has 0 unspecified atom stereocenters. The molecule has 0 radical (unpaired) electrons. The van der Waals surface area contributed by atoms with Crippen LogP contribution in [0.3, 0.4) is 0 Å². The van der Waals surface area contributed by atoms with Crippen LogP contribution < -0.4 is 0 Å². The summed E-state index contributed by atoms with van der Waals surface area (Å²) >= 11 is 0. The third kappa shape index (κ3) is 4.84. The van der Waals surface area contributed by atoms with Crippen molar-refractivity contribution in [1.82, 2.24) is 0 Å². The van der Waals surface area contributed by atoms with Gasteiger partial charge in [-0.3, -0.25) is 0 Å². The highest BCUT2D eigenvalue weighted by molar-refractivity contribution is 5.64. The van der Waals surface area contributed by atoms with Gasteiger partial charge in [-0.05, 0) is 86.0 Å². The number of rotatable bonds is 6. The van der Waals surface area contributed by atoms with Crippen LogP contribution >= 0.6 is 0 Å². The van der Waals surface area contributed by atoms with Crippen LogP contribution in [0.5, 0.6) is 0 Å². The summed E-state index contributed by atoms with van der Waals surface area (Å²) in [7, 11) is 0. The van der Waals surface area contributed by atoms with Crippen LogP contribution in [0.2, 0.25) is 0 Å². The third-order valence-electron chi connectivity index (χ3n) is 5.90. The van der Waals surface area contributed by atoms with E-state index in [0.29, 0.717) is 0 Å². The van der Waals surface area contributed by atoms with Crippen LogP contribution in [0, 0.1) is 5.92 Å². The second-order valence-corrected chi connectivity index (χ2v) is 7.54. The van der Waals surface area contributed by atoms with Crippen LogP contribution in [-0.4, -0.2) is 0 Å². The van der Waals surface area contributed by atoms with Crippen LogP contribution in [-0.2, 0) is 6.42 Å². The van der Waals surface area contributed by atoms with Crippen LogP contribution in [0.15, 0.2) is 60.7 Å². The molecule has 0 heterocycles. The molecule has 0 heteroatoms. The predicted molar refractivity (Wildman–Crippen MR) is 110 cm³/mol. The van der Waals surface area contributed by atoms with Crippen molar-refractivity contribution < 1.29 is 0 Å². The summed E-state index contributed by atoms with van der Waals surface area (Å²) in [5, 5.41) is 0. The molecule has 0 N–H and O–H groups in total. The molecular weight excluding hydrogens is 300 g/mol. The molecule has 1 aliphatic carbocycles. The van der Waals surface area contributed by atoms with Crippen molar-refractivity contribution in [3.05, 3.63) is 71.8 Å². The normalized spacial score (nSPS) is 20.9. The Labute approximate surface area is 154 Å². The Balaban J connectivity index is 1.57. The van der Waals surface area contributed by atoms with Gasteiger partial charge in [0.1, 0.15) is 0 Å². The zero-order valence-electron chi connectivity index (χ0n) is 15.9. The van der Waals surface area contributed by atoms with Gasteiger partial charge in [0, 0.05) is 0 Å². The first-order valence-corrected chi connectivity index (χ1v) is 10.1. The van der Waals surface area contributed by atoms with Gasteiger partial charge in [-0.15, -0.1) is 0 Å². The van der Waals surface area contributed by atoms with E-state index in [1.807, 2.05) is 0 Å². The Morgan fingerprint density at radius 2 is 1.44 bits per heavy atom. The molecule has 1 fully saturated rings. The Morgan fingerprint density at radius 3 is 2.00 bits per heavy atom. The van der Waals surface area contributed by atoms with Crippen molar-refractivity contribution in [1.29, 1.82) is 0 Å². The standard InChI is InChI=1S/C25H32/c1-3-5-6-7-21-10-14-23(15-11-21)25-18-16-24(17-19-25)22-12-8-20(4-2)9-13-22/h3,5,8-9,12-13,16-19,21,23H,4,6-7,10-11,14-15H2,1-2H3/b5-3+. The van der Waals surface area contributed by atoms with E-state index in [1.165, 1.54) is 55.2 Å². The largest absolute Gasteiger partial charge is 0.0917 e. The Bertz CT molecular complexity index is 652. The number of allylic oxidation sites excluding steroid dienone is 2. The average molecular weight is 333 g/mol. The molecule has 25 heavy (non-hydrogen) atoms. The fourth-order valence-electron chi connectivity index (χ4n) is 4.16. The smallest absolute Gasteiger partial charge is 0.0162 e. The van der Waals surface area contributed by atoms with Crippen molar-refractivity contribution in [3.63, 3.8) is 0 Å². The topological polar surface area (TPSA) is 0 Å². The lowest BCUT2D eigenvalue weighted by Crippen LogP contribution is -2.13. The molecule has 2 aromatic carbocycles. The van der Waals surface area contributed by atoms with Gasteiger partial charge in [0.25, 0.3) is 0 Å². The molecule has 0 bridgehead atoms. The molecule has 3 rings (SSSR count). The van der Waals surface area contributed by atoms with Gasteiger partial charge in [-0.1, -0.05) is 67.6 Å². The van der Waals surface area contributed by atoms with E-state index in [4.69, 9.17) is 0 Å². The SMILES string of the molecule is C/C=C/CCC1CCC(c2ccc(-c3ccc(CC)cc3)cc2)CC1. The lowest BCUT2D eigenvalue weighted by Gasteiger charge is -2.28. The van der Waals surface area contributed by atoms with E-state index in [1.54, 1.807) is 5.56 Å². The first-order chi connectivity index (χ1) is 12.3. The quantitative estimate of drug-likeness (QED) is 0.479. The summed E-state index contributed by atoms with van der Waals surface area (Å²) in [6.45, 7) is 4.33. The van der Waals surface area contributed by atoms with Crippen molar-refractivity contribution >= 4 is 0 Å². The molecule has 2 aromatic rings. The fraction of sp³-hybridized carbons (Fsp3) is 0.440. The number of hydrogen-bond donors (Lipinski definition) is 0. The maximum Gasteiger partial charge on any atom is -0.0162 e. The van der Waals surface area contributed by atoms with E-state index in [9.17, 15) is 0 Å². The van der Waals surface area contributed by atoms with E-state index in [-0.39, 0.29) is 0 Å². The Kier molecular flexibility index (Phi) is 6.50. The van der Waals surface area contributed by atoms with Crippen molar-refractivity contribution in [2.45, 2.75) is 64.7 Å². The van der Waals surface area contributed by atoms with Crippen molar-refractivity contribution in [2.75, 3.05) is 0 Å². The van der Waals surface area contributed by atoms with Gasteiger partial charge in [-0.25, -0.2) is 0 Å². The molecule has 0 aliphatic heterocycles. The summed E-state index contributed by atoms with van der Waals surface area (Å²) in [5.41, 5.74) is 5.62. The maximum absolute atomic E-state index is 2.37. The van der Waals surface area contributed by atoms with E-state index in [2.05, 4.69) is 74.5 Å². The lowest BCUT2D eigenvalue weighted by atomic mass is 9.77. The molecule has 0 amide bonds. The van der Waals surface area contributed by atoms with E-state index in [0.717, 1.165) is 18.3 Å². The first kappa shape index (κ1) is 18.0. The minimum absolute atomic E-state index is 0.773. The van der Waals surface area contributed by atoms with Gasteiger partial charge in [0.05, 0.1) is 0 Å². The summed E-state index contributed by atoms with van der Waals surface area (Å²) < 4.78 is 0. The monoisotopic (exact) mass is 332 g/mol. The molecule has 0 atom stereocenters. The van der Waals surface area contributed by atoms with Crippen LogP contribution in [0.1, 0.15) is 69.4 Å². The highest BCUT2D eigenvalue weighted by Gasteiger charge is 2.21. The minimum atomic E-state index is 0.773. The predicted octanol–water partition coefficient (Wildman–Crippen LogP) is 7.55.